The first kappa shape index (κ1) is 5.56. The van der Waals surface area contributed by atoms with E-state index in [1.54, 1.807) is 0 Å². The Hall–Kier alpha value is -0.570. The van der Waals surface area contributed by atoms with Gasteiger partial charge in [-0.05, 0) is 0 Å². The molecule has 1 rings (SSSR count). The Kier molecular flexibility index (Phi) is 1.48. The standard InChI is InChI=1S/C5H8O3/c6-3-8-5-1-4(7)2-5/h3-5,7H,1-2H2. The summed E-state index contributed by atoms with van der Waals surface area (Å²) in [6.45, 7) is 0.427. The van der Waals surface area contributed by atoms with Gasteiger partial charge < -0.3 is 9.84 Å². The third-order valence-electron chi connectivity index (χ3n) is 1.32. The summed E-state index contributed by atoms with van der Waals surface area (Å²) in [7, 11) is 0. The monoisotopic (exact) mass is 116 g/mol. The SMILES string of the molecule is O=COC1CC(O)C1. The van der Waals surface area contributed by atoms with Gasteiger partial charge in [-0.1, -0.05) is 0 Å². The van der Waals surface area contributed by atoms with Crippen LogP contribution in [0.5, 0.6) is 0 Å². The smallest absolute Gasteiger partial charge is 0.293 e. The lowest BCUT2D eigenvalue weighted by Crippen LogP contribution is -2.34. The van der Waals surface area contributed by atoms with E-state index in [9.17, 15) is 4.79 Å². The van der Waals surface area contributed by atoms with Crippen molar-refractivity contribution >= 4 is 6.47 Å². The van der Waals surface area contributed by atoms with E-state index in [-0.39, 0.29) is 12.2 Å². The maximum absolute atomic E-state index is 9.61. The fourth-order valence-corrected chi connectivity index (χ4v) is 0.728. The van der Waals surface area contributed by atoms with Gasteiger partial charge in [0.25, 0.3) is 6.47 Å². The van der Waals surface area contributed by atoms with Gasteiger partial charge in [0.2, 0.25) is 0 Å². The van der Waals surface area contributed by atoms with E-state index in [2.05, 4.69) is 4.74 Å². The van der Waals surface area contributed by atoms with Crippen molar-refractivity contribution in [1.82, 2.24) is 0 Å². The van der Waals surface area contributed by atoms with Gasteiger partial charge in [0.1, 0.15) is 6.10 Å². The van der Waals surface area contributed by atoms with Gasteiger partial charge in [-0.3, -0.25) is 4.79 Å². The Morgan fingerprint density at radius 2 is 2.25 bits per heavy atom. The van der Waals surface area contributed by atoms with Gasteiger partial charge in [0, 0.05) is 12.8 Å². The van der Waals surface area contributed by atoms with Crippen molar-refractivity contribution in [2.75, 3.05) is 0 Å². The van der Waals surface area contributed by atoms with E-state index in [0.29, 0.717) is 19.3 Å². The number of hydrogen-bond acceptors (Lipinski definition) is 3. The first-order valence-electron chi connectivity index (χ1n) is 2.60. The van der Waals surface area contributed by atoms with E-state index in [1.165, 1.54) is 0 Å². The van der Waals surface area contributed by atoms with Gasteiger partial charge in [-0.2, -0.15) is 0 Å². The Bertz CT molecular complexity index is 85.7. The zero-order chi connectivity index (χ0) is 5.98. The van der Waals surface area contributed by atoms with E-state index in [0.717, 1.165) is 0 Å². The second-order valence-electron chi connectivity index (χ2n) is 1.98. The van der Waals surface area contributed by atoms with Crippen LogP contribution >= 0.6 is 0 Å². The number of carbonyl (C=O) groups excluding carboxylic acids is 1. The van der Waals surface area contributed by atoms with E-state index < -0.39 is 0 Å². The molecule has 1 fully saturated rings. The summed E-state index contributed by atoms with van der Waals surface area (Å²) in [5.74, 6) is 0. The van der Waals surface area contributed by atoms with Crippen molar-refractivity contribution in [1.29, 1.82) is 0 Å². The molecule has 1 aliphatic rings. The molecule has 8 heavy (non-hydrogen) atoms. The molecule has 3 nitrogen and oxygen atoms in total. The van der Waals surface area contributed by atoms with Crippen LogP contribution in [-0.2, 0) is 9.53 Å². The third kappa shape index (κ3) is 0.980. The zero-order valence-corrected chi connectivity index (χ0v) is 4.41. The largest absolute Gasteiger partial charge is 0.464 e. The van der Waals surface area contributed by atoms with E-state index in [4.69, 9.17) is 5.11 Å². The molecule has 0 amide bonds. The molecule has 0 atom stereocenters. The zero-order valence-electron chi connectivity index (χ0n) is 4.41. The number of rotatable bonds is 2. The first-order valence-corrected chi connectivity index (χ1v) is 2.60. The van der Waals surface area contributed by atoms with Crippen LogP contribution in [0.15, 0.2) is 0 Å². The van der Waals surface area contributed by atoms with Crippen molar-refractivity contribution in [3.05, 3.63) is 0 Å². The van der Waals surface area contributed by atoms with Gasteiger partial charge in [0.15, 0.2) is 0 Å². The van der Waals surface area contributed by atoms with Crippen LogP contribution in [0.25, 0.3) is 0 Å². The van der Waals surface area contributed by atoms with Crippen LogP contribution in [0.4, 0.5) is 0 Å². The van der Waals surface area contributed by atoms with Crippen LogP contribution < -0.4 is 0 Å². The minimum atomic E-state index is -0.236. The normalized spacial score (nSPS) is 35.6. The Morgan fingerprint density at radius 3 is 2.62 bits per heavy atom. The van der Waals surface area contributed by atoms with Gasteiger partial charge in [-0.15, -0.1) is 0 Å². The maximum atomic E-state index is 9.61. The number of hydrogen-bond donors (Lipinski definition) is 1. The Morgan fingerprint density at radius 1 is 1.62 bits per heavy atom. The molecule has 1 aliphatic carbocycles. The molecule has 0 heterocycles. The molecule has 0 aromatic rings. The summed E-state index contributed by atoms with van der Waals surface area (Å²) in [5.41, 5.74) is 0. The quantitative estimate of drug-likeness (QED) is 0.503. The molecule has 0 saturated heterocycles. The lowest BCUT2D eigenvalue weighted by molar-refractivity contribution is -0.143. The maximum Gasteiger partial charge on any atom is 0.293 e. The molecule has 1 saturated carbocycles. The first-order chi connectivity index (χ1) is 3.83. The summed E-state index contributed by atoms with van der Waals surface area (Å²) in [4.78, 5) is 9.61. The summed E-state index contributed by atoms with van der Waals surface area (Å²) in [6, 6.07) is 0. The summed E-state index contributed by atoms with van der Waals surface area (Å²) in [6.07, 6.45) is 0.972. The highest BCUT2D eigenvalue weighted by Gasteiger charge is 2.28. The lowest BCUT2D eigenvalue weighted by Gasteiger charge is -2.28. The lowest BCUT2D eigenvalue weighted by atomic mass is 9.92. The highest BCUT2D eigenvalue weighted by Crippen LogP contribution is 2.21. The molecule has 0 bridgehead atoms. The van der Waals surface area contributed by atoms with Gasteiger partial charge in [-0.25, -0.2) is 0 Å². The molecular weight excluding hydrogens is 108 g/mol. The Labute approximate surface area is 47.3 Å². The average molecular weight is 116 g/mol. The number of ether oxygens (including phenoxy) is 1. The summed E-state index contributed by atoms with van der Waals surface area (Å²) >= 11 is 0. The number of aliphatic hydroxyl groups excluding tert-OH is 1. The molecule has 1 N–H and O–H groups in total. The molecule has 0 spiro atoms. The van der Waals surface area contributed by atoms with Crippen LogP contribution in [0.3, 0.4) is 0 Å². The summed E-state index contributed by atoms with van der Waals surface area (Å²) in [5, 5.41) is 8.65. The van der Waals surface area contributed by atoms with Crippen molar-refractivity contribution in [2.24, 2.45) is 0 Å². The van der Waals surface area contributed by atoms with Crippen LogP contribution in [0.1, 0.15) is 12.8 Å². The number of carbonyl (C=O) groups is 1. The van der Waals surface area contributed by atoms with Crippen LogP contribution in [0, 0.1) is 0 Å². The predicted octanol–water partition coefficient (Wildman–Crippen LogP) is -0.317. The van der Waals surface area contributed by atoms with E-state index in [1.807, 2.05) is 0 Å². The van der Waals surface area contributed by atoms with Crippen LogP contribution in [0.2, 0.25) is 0 Å². The third-order valence-corrected chi connectivity index (χ3v) is 1.32. The highest BCUT2D eigenvalue weighted by molar-refractivity contribution is 5.37. The van der Waals surface area contributed by atoms with Crippen molar-refractivity contribution in [3.8, 4) is 0 Å². The van der Waals surface area contributed by atoms with Crippen molar-refractivity contribution in [3.63, 3.8) is 0 Å². The second-order valence-corrected chi connectivity index (χ2v) is 1.98. The van der Waals surface area contributed by atoms with Crippen molar-refractivity contribution in [2.45, 2.75) is 25.0 Å². The fraction of sp³-hybridized carbons (Fsp3) is 0.800. The van der Waals surface area contributed by atoms with Crippen molar-refractivity contribution < 1.29 is 14.6 Å². The second kappa shape index (κ2) is 2.13. The molecule has 3 heteroatoms. The summed E-state index contributed by atoms with van der Waals surface area (Å²) < 4.78 is 4.51. The molecule has 0 aromatic heterocycles. The molecule has 0 aliphatic heterocycles. The van der Waals surface area contributed by atoms with Crippen LogP contribution in [-0.4, -0.2) is 23.8 Å². The van der Waals surface area contributed by atoms with Gasteiger partial charge in [0.05, 0.1) is 6.10 Å². The topological polar surface area (TPSA) is 46.5 Å². The molecule has 0 radical (unpaired) electrons. The molecular formula is C5H8O3. The molecule has 0 aromatic carbocycles. The Balaban J connectivity index is 2.06. The predicted molar refractivity (Wildman–Crippen MR) is 26.2 cm³/mol. The highest BCUT2D eigenvalue weighted by atomic mass is 16.5. The molecule has 46 valence electrons. The number of aliphatic hydroxyl groups is 1. The minimum Gasteiger partial charge on any atom is -0.464 e. The minimum absolute atomic E-state index is 0.0116. The average Bonchev–Trinajstić information content (AvgIpc) is 1.64. The van der Waals surface area contributed by atoms with E-state index >= 15 is 0 Å². The van der Waals surface area contributed by atoms with Gasteiger partial charge >= 0.3 is 0 Å². The molecule has 0 unspecified atom stereocenters. The fourth-order valence-electron chi connectivity index (χ4n) is 0.728.